The van der Waals surface area contributed by atoms with Crippen LogP contribution in [0.3, 0.4) is 0 Å². The van der Waals surface area contributed by atoms with Crippen molar-refractivity contribution in [3.8, 4) is 0 Å². The second-order valence-electron chi connectivity index (χ2n) is 4.15. The van der Waals surface area contributed by atoms with Gasteiger partial charge in [0, 0.05) is 19.6 Å². The fraction of sp³-hybridized carbons (Fsp3) is 0.545. The maximum absolute atomic E-state index is 11.5. The molecule has 1 amide bonds. The van der Waals surface area contributed by atoms with E-state index in [1.165, 1.54) is 0 Å². The molecule has 1 aromatic rings. The number of carbonyl (C=O) groups excluding carboxylic acids is 1. The molecular formula is C11H19N5O. The molecule has 0 atom stereocenters. The molecule has 1 aromatic heterocycles. The first-order valence-electron chi connectivity index (χ1n) is 5.54. The quantitative estimate of drug-likeness (QED) is 0.747. The molecule has 0 bridgehead atoms. The van der Waals surface area contributed by atoms with Gasteiger partial charge in [-0.2, -0.15) is 0 Å². The summed E-state index contributed by atoms with van der Waals surface area (Å²) in [5.41, 5.74) is 6.16. The third-order valence-electron chi connectivity index (χ3n) is 2.12. The van der Waals surface area contributed by atoms with Crippen molar-refractivity contribution in [2.24, 2.45) is 5.73 Å². The zero-order valence-electron chi connectivity index (χ0n) is 10.5. The van der Waals surface area contributed by atoms with Crippen LogP contribution in [0.2, 0.25) is 0 Å². The molecule has 0 saturated heterocycles. The summed E-state index contributed by atoms with van der Waals surface area (Å²) in [6, 6.07) is 0.140. The van der Waals surface area contributed by atoms with Gasteiger partial charge in [0.15, 0.2) is 0 Å². The van der Waals surface area contributed by atoms with Crippen LogP contribution in [0.4, 0.5) is 5.82 Å². The van der Waals surface area contributed by atoms with Gasteiger partial charge in [0.05, 0.1) is 24.6 Å². The Morgan fingerprint density at radius 2 is 2.18 bits per heavy atom. The number of anilines is 1. The molecule has 0 aliphatic carbocycles. The third kappa shape index (κ3) is 4.36. The second kappa shape index (κ2) is 6.15. The molecule has 1 rings (SSSR count). The Balaban J connectivity index is 2.56. The molecule has 0 aliphatic rings. The van der Waals surface area contributed by atoms with Crippen molar-refractivity contribution in [3.05, 3.63) is 18.1 Å². The Kier molecular flexibility index (Phi) is 4.84. The average molecular weight is 237 g/mol. The Morgan fingerprint density at radius 1 is 1.47 bits per heavy atom. The van der Waals surface area contributed by atoms with Crippen LogP contribution in [0, 0.1) is 0 Å². The van der Waals surface area contributed by atoms with Crippen molar-refractivity contribution in [1.82, 2.24) is 15.3 Å². The van der Waals surface area contributed by atoms with E-state index in [1.807, 2.05) is 13.8 Å². The fourth-order valence-corrected chi connectivity index (χ4v) is 1.31. The summed E-state index contributed by atoms with van der Waals surface area (Å²) < 4.78 is 0. The number of hydrogen-bond donors (Lipinski definition) is 2. The number of nitrogens with one attached hydrogen (secondary N) is 1. The third-order valence-corrected chi connectivity index (χ3v) is 2.12. The van der Waals surface area contributed by atoms with Crippen LogP contribution in [0.15, 0.2) is 12.4 Å². The monoisotopic (exact) mass is 237 g/mol. The predicted molar refractivity (Wildman–Crippen MR) is 66.5 cm³/mol. The molecule has 6 nitrogen and oxygen atoms in total. The lowest BCUT2D eigenvalue weighted by Crippen LogP contribution is -2.38. The SMILES string of the molecule is CC(C)NC(=O)CN(C)c1cnc(CN)cn1. The van der Waals surface area contributed by atoms with Crippen LogP contribution in [-0.2, 0) is 11.3 Å². The smallest absolute Gasteiger partial charge is 0.239 e. The Bertz CT molecular complexity index is 363. The highest BCUT2D eigenvalue weighted by molar-refractivity contribution is 5.81. The Labute approximate surface area is 101 Å². The topological polar surface area (TPSA) is 84.1 Å². The average Bonchev–Trinajstić information content (AvgIpc) is 2.28. The van der Waals surface area contributed by atoms with Gasteiger partial charge in [-0.25, -0.2) is 4.98 Å². The van der Waals surface area contributed by atoms with Crippen LogP contribution in [0.5, 0.6) is 0 Å². The standard InChI is InChI=1S/C11H19N5O/c1-8(2)15-11(17)7-16(3)10-6-13-9(4-12)5-14-10/h5-6,8H,4,7,12H2,1-3H3,(H,15,17). The lowest BCUT2D eigenvalue weighted by Gasteiger charge is -2.18. The summed E-state index contributed by atoms with van der Waals surface area (Å²) >= 11 is 0. The van der Waals surface area contributed by atoms with E-state index in [4.69, 9.17) is 5.73 Å². The number of carbonyl (C=O) groups is 1. The molecule has 0 fully saturated rings. The summed E-state index contributed by atoms with van der Waals surface area (Å²) in [4.78, 5) is 21.6. The van der Waals surface area contributed by atoms with E-state index in [-0.39, 0.29) is 18.5 Å². The zero-order valence-corrected chi connectivity index (χ0v) is 10.5. The van der Waals surface area contributed by atoms with Gasteiger partial charge < -0.3 is 16.0 Å². The van der Waals surface area contributed by atoms with Gasteiger partial charge in [-0.15, -0.1) is 0 Å². The number of likely N-dealkylation sites (N-methyl/N-ethyl adjacent to an activating group) is 1. The van der Waals surface area contributed by atoms with E-state index >= 15 is 0 Å². The maximum atomic E-state index is 11.5. The molecule has 1 heterocycles. The van der Waals surface area contributed by atoms with Crippen molar-refractivity contribution >= 4 is 11.7 Å². The minimum atomic E-state index is -0.0350. The highest BCUT2D eigenvalue weighted by Gasteiger charge is 2.09. The highest BCUT2D eigenvalue weighted by atomic mass is 16.2. The molecule has 0 radical (unpaired) electrons. The summed E-state index contributed by atoms with van der Waals surface area (Å²) in [6.45, 7) is 4.47. The Morgan fingerprint density at radius 3 is 2.65 bits per heavy atom. The molecule has 0 spiro atoms. The van der Waals surface area contributed by atoms with E-state index < -0.39 is 0 Å². The molecule has 0 aromatic carbocycles. The molecule has 94 valence electrons. The number of hydrogen-bond acceptors (Lipinski definition) is 5. The first-order chi connectivity index (χ1) is 8.02. The molecule has 17 heavy (non-hydrogen) atoms. The highest BCUT2D eigenvalue weighted by Crippen LogP contribution is 2.05. The second-order valence-corrected chi connectivity index (χ2v) is 4.15. The van der Waals surface area contributed by atoms with Crippen LogP contribution >= 0.6 is 0 Å². The van der Waals surface area contributed by atoms with E-state index in [2.05, 4.69) is 15.3 Å². The van der Waals surface area contributed by atoms with Gasteiger partial charge in [-0.05, 0) is 13.8 Å². The van der Waals surface area contributed by atoms with E-state index in [9.17, 15) is 4.79 Å². The van der Waals surface area contributed by atoms with E-state index in [1.54, 1.807) is 24.3 Å². The van der Waals surface area contributed by atoms with Crippen molar-refractivity contribution < 1.29 is 4.79 Å². The predicted octanol–water partition coefficient (Wildman–Crippen LogP) is -0.104. The van der Waals surface area contributed by atoms with Gasteiger partial charge in [-0.1, -0.05) is 0 Å². The van der Waals surface area contributed by atoms with Crippen molar-refractivity contribution in [1.29, 1.82) is 0 Å². The van der Waals surface area contributed by atoms with Gasteiger partial charge in [0.2, 0.25) is 5.91 Å². The van der Waals surface area contributed by atoms with Gasteiger partial charge in [-0.3, -0.25) is 9.78 Å². The van der Waals surface area contributed by atoms with Crippen molar-refractivity contribution in [2.75, 3.05) is 18.5 Å². The molecule has 3 N–H and O–H groups in total. The minimum absolute atomic E-state index is 0.0350. The number of rotatable bonds is 5. The van der Waals surface area contributed by atoms with Gasteiger partial charge in [0.25, 0.3) is 0 Å². The molecule has 0 saturated carbocycles. The fourth-order valence-electron chi connectivity index (χ4n) is 1.31. The number of aromatic nitrogens is 2. The van der Waals surface area contributed by atoms with Crippen molar-refractivity contribution in [2.45, 2.75) is 26.4 Å². The minimum Gasteiger partial charge on any atom is -0.352 e. The first kappa shape index (κ1) is 13.4. The summed E-state index contributed by atoms with van der Waals surface area (Å²) in [5.74, 6) is 0.619. The van der Waals surface area contributed by atoms with E-state index in [0.29, 0.717) is 12.4 Å². The normalized spacial score (nSPS) is 10.4. The number of nitrogens with two attached hydrogens (primary N) is 1. The van der Waals surface area contributed by atoms with Crippen LogP contribution in [0.25, 0.3) is 0 Å². The summed E-state index contributed by atoms with van der Waals surface area (Å²) in [5, 5.41) is 2.82. The van der Waals surface area contributed by atoms with Gasteiger partial charge in [0.1, 0.15) is 5.82 Å². The molecule has 0 aliphatic heterocycles. The van der Waals surface area contributed by atoms with Crippen LogP contribution in [-0.4, -0.2) is 35.5 Å². The van der Waals surface area contributed by atoms with Crippen molar-refractivity contribution in [3.63, 3.8) is 0 Å². The maximum Gasteiger partial charge on any atom is 0.239 e. The number of amides is 1. The lowest BCUT2D eigenvalue weighted by molar-refractivity contribution is -0.120. The lowest BCUT2D eigenvalue weighted by atomic mass is 10.4. The van der Waals surface area contributed by atoms with Crippen LogP contribution in [0.1, 0.15) is 19.5 Å². The summed E-state index contributed by atoms with van der Waals surface area (Å²) in [7, 11) is 1.80. The molecular weight excluding hydrogens is 218 g/mol. The first-order valence-corrected chi connectivity index (χ1v) is 5.54. The largest absolute Gasteiger partial charge is 0.352 e. The Hall–Kier alpha value is -1.69. The van der Waals surface area contributed by atoms with Gasteiger partial charge >= 0.3 is 0 Å². The molecule has 6 heteroatoms. The molecule has 0 unspecified atom stereocenters. The summed E-state index contributed by atoms with van der Waals surface area (Å²) in [6.07, 6.45) is 3.23. The van der Waals surface area contributed by atoms with Crippen LogP contribution < -0.4 is 16.0 Å². The van der Waals surface area contributed by atoms with E-state index in [0.717, 1.165) is 5.69 Å². The zero-order chi connectivity index (χ0) is 12.8. The number of nitrogens with zero attached hydrogens (tertiary/aromatic N) is 3.